The Bertz CT molecular complexity index is 578. The highest BCUT2D eigenvalue weighted by atomic mass is 28.3. The van der Waals surface area contributed by atoms with Gasteiger partial charge >= 0.3 is 0 Å². The Hall–Kier alpha value is -1.23. The van der Waals surface area contributed by atoms with E-state index < -0.39 is 19.3 Å². The lowest BCUT2D eigenvalue weighted by molar-refractivity contribution is -0.187. The molecule has 1 aliphatic heterocycles. The van der Waals surface area contributed by atoms with Crippen LogP contribution >= 0.6 is 0 Å². The number of ether oxygens (including phenoxy) is 2. The molecule has 1 aromatic carbocycles. The van der Waals surface area contributed by atoms with Crippen LogP contribution in [0.2, 0.25) is 13.1 Å². The lowest BCUT2D eigenvalue weighted by Crippen LogP contribution is -2.52. The quantitative estimate of drug-likeness (QED) is 0.628. The molecule has 1 saturated carbocycles. The summed E-state index contributed by atoms with van der Waals surface area (Å²) in [6, 6.07) is 10.5. The number of benzene rings is 1. The van der Waals surface area contributed by atoms with Crippen molar-refractivity contribution in [3.63, 3.8) is 0 Å². The molecule has 1 aromatic rings. The molecule has 2 aliphatic rings. The molecule has 0 amide bonds. The van der Waals surface area contributed by atoms with E-state index in [9.17, 15) is 4.79 Å². The van der Waals surface area contributed by atoms with E-state index in [2.05, 4.69) is 43.9 Å². The van der Waals surface area contributed by atoms with Gasteiger partial charge in [-0.15, -0.1) is 6.58 Å². The van der Waals surface area contributed by atoms with Gasteiger partial charge in [-0.2, -0.15) is 0 Å². The Kier molecular flexibility index (Phi) is 4.34. The molecule has 124 valence electrons. The molecule has 0 bridgehead atoms. The molecule has 0 aromatic heterocycles. The lowest BCUT2D eigenvalue weighted by atomic mass is 9.72. The highest BCUT2D eigenvalue weighted by Gasteiger charge is 2.50. The number of rotatable bonds is 4. The molecule has 1 heterocycles. The first kappa shape index (κ1) is 16.6. The van der Waals surface area contributed by atoms with Gasteiger partial charge in [0.05, 0.1) is 13.2 Å². The van der Waals surface area contributed by atoms with Crippen molar-refractivity contribution >= 4 is 19.5 Å². The van der Waals surface area contributed by atoms with Crippen molar-refractivity contribution in [3.05, 3.63) is 42.1 Å². The van der Waals surface area contributed by atoms with Gasteiger partial charge in [-0.05, 0) is 12.8 Å². The van der Waals surface area contributed by atoms with Crippen LogP contribution in [0, 0.1) is 5.41 Å². The summed E-state index contributed by atoms with van der Waals surface area (Å²) in [6.07, 6.45) is 4.26. The Morgan fingerprint density at radius 1 is 1.09 bits per heavy atom. The van der Waals surface area contributed by atoms with Crippen molar-refractivity contribution in [1.82, 2.24) is 0 Å². The first-order valence-corrected chi connectivity index (χ1v) is 11.4. The van der Waals surface area contributed by atoms with E-state index in [1.165, 1.54) is 5.19 Å². The molecule has 0 atom stereocenters. The largest absolute Gasteiger partial charge is 0.348 e. The molecule has 3 rings (SSSR count). The minimum absolute atomic E-state index is 0.424. The van der Waals surface area contributed by atoms with Crippen LogP contribution in [0.25, 0.3) is 0 Å². The average Bonchev–Trinajstić information content (AvgIpc) is 3.05. The molecule has 0 N–H and O–H groups in total. The van der Waals surface area contributed by atoms with Crippen LogP contribution in [-0.4, -0.2) is 33.4 Å². The van der Waals surface area contributed by atoms with Gasteiger partial charge in [-0.1, -0.05) is 53.8 Å². The second-order valence-electron chi connectivity index (χ2n) is 7.35. The van der Waals surface area contributed by atoms with Crippen LogP contribution in [0.4, 0.5) is 0 Å². The van der Waals surface area contributed by atoms with Crippen molar-refractivity contribution in [2.24, 2.45) is 5.41 Å². The standard InChI is InChI=1S/C19H26O3Si/c1-16(23(2,3)17-7-5-4-6-8-17)18(15-20)9-11-19(12-10-18)21-13-14-22-19/h4-8,15H,1,9-14H2,2-3H3. The molecule has 2 fully saturated rings. The number of aldehydes is 1. The van der Waals surface area contributed by atoms with Gasteiger partial charge in [-0.3, -0.25) is 0 Å². The van der Waals surface area contributed by atoms with Crippen LogP contribution in [0.15, 0.2) is 42.1 Å². The number of allylic oxidation sites excluding steroid dienone is 1. The van der Waals surface area contributed by atoms with E-state index in [0.717, 1.165) is 37.2 Å². The van der Waals surface area contributed by atoms with Crippen LogP contribution in [0.1, 0.15) is 25.7 Å². The van der Waals surface area contributed by atoms with Crippen molar-refractivity contribution in [2.75, 3.05) is 13.2 Å². The van der Waals surface area contributed by atoms with E-state index in [4.69, 9.17) is 9.47 Å². The fourth-order valence-electron chi connectivity index (χ4n) is 4.00. The first-order valence-electron chi connectivity index (χ1n) is 8.44. The minimum Gasteiger partial charge on any atom is -0.348 e. The molecule has 0 unspecified atom stereocenters. The van der Waals surface area contributed by atoms with Gasteiger partial charge in [0.15, 0.2) is 5.79 Å². The maximum Gasteiger partial charge on any atom is 0.168 e. The Morgan fingerprint density at radius 2 is 1.65 bits per heavy atom. The van der Waals surface area contributed by atoms with E-state index in [-0.39, 0.29) is 0 Å². The Labute approximate surface area is 139 Å². The second kappa shape index (κ2) is 6.00. The van der Waals surface area contributed by atoms with Crippen LogP contribution in [0.5, 0.6) is 0 Å². The highest BCUT2D eigenvalue weighted by molar-refractivity contribution is 6.96. The Balaban J connectivity index is 1.83. The summed E-state index contributed by atoms with van der Waals surface area (Å²) in [4.78, 5) is 12.1. The van der Waals surface area contributed by atoms with Gasteiger partial charge < -0.3 is 14.3 Å². The van der Waals surface area contributed by atoms with Crippen LogP contribution in [0.3, 0.4) is 0 Å². The number of hydrogen-bond acceptors (Lipinski definition) is 3. The van der Waals surface area contributed by atoms with Crippen LogP contribution in [-0.2, 0) is 14.3 Å². The third kappa shape index (κ3) is 2.84. The summed E-state index contributed by atoms with van der Waals surface area (Å²) in [6.45, 7) is 10.4. The SMILES string of the molecule is C=C(C1(C=O)CCC2(CC1)OCCO2)[Si](C)(C)c1ccccc1. The summed E-state index contributed by atoms with van der Waals surface area (Å²) in [5.41, 5.74) is -0.424. The molecule has 1 spiro atoms. The smallest absolute Gasteiger partial charge is 0.168 e. The van der Waals surface area contributed by atoms with Gasteiger partial charge in [0.25, 0.3) is 0 Å². The van der Waals surface area contributed by atoms with Crippen LogP contribution < -0.4 is 5.19 Å². The van der Waals surface area contributed by atoms with Crippen molar-refractivity contribution in [1.29, 1.82) is 0 Å². The van der Waals surface area contributed by atoms with Gasteiger partial charge in [0, 0.05) is 18.3 Å². The lowest BCUT2D eigenvalue weighted by Gasteiger charge is -2.45. The topological polar surface area (TPSA) is 35.5 Å². The highest BCUT2D eigenvalue weighted by Crippen LogP contribution is 2.48. The van der Waals surface area contributed by atoms with E-state index in [1.807, 2.05) is 6.07 Å². The van der Waals surface area contributed by atoms with Gasteiger partial charge in [-0.25, -0.2) is 0 Å². The fourth-order valence-corrected chi connectivity index (χ4v) is 6.93. The maximum atomic E-state index is 12.1. The zero-order chi connectivity index (χ0) is 16.6. The molecule has 0 radical (unpaired) electrons. The third-order valence-corrected chi connectivity index (χ3v) is 9.58. The van der Waals surface area contributed by atoms with E-state index in [0.29, 0.717) is 13.2 Å². The van der Waals surface area contributed by atoms with Crippen molar-refractivity contribution in [3.8, 4) is 0 Å². The summed E-state index contributed by atoms with van der Waals surface area (Å²) in [5.74, 6) is -0.439. The molecule has 4 heteroatoms. The first-order chi connectivity index (χ1) is 10.9. The minimum atomic E-state index is -1.92. The average molecular weight is 330 g/mol. The summed E-state index contributed by atoms with van der Waals surface area (Å²) < 4.78 is 11.6. The third-order valence-electron chi connectivity index (χ3n) is 5.79. The van der Waals surface area contributed by atoms with Gasteiger partial charge in [0.1, 0.15) is 14.4 Å². The summed E-state index contributed by atoms with van der Waals surface area (Å²) in [7, 11) is -1.92. The monoisotopic (exact) mass is 330 g/mol. The fraction of sp³-hybridized carbons (Fsp3) is 0.526. The maximum absolute atomic E-state index is 12.1. The summed E-state index contributed by atoms with van der Waals surface area (Å²) >= 11 is 0. The van der Waals surface area contributed by atoms with Gasteiger partial charge in [0.2, 0.25) is 0 Å². The predicted molar refractivity (Wildman–Crippen MR) is 94.3 cm³/mol. The zero-order valence-corrected chi connectivity index (χ0v) is 15.1. The van der Waals surface area contributed by atoms with E-state index >= 15 is 0 Å². The number of carbonyl (C=O) groups excluding carboxylic acids is 1. The van der Waals surface area contributed by atoms with E-state index in [1.54, 1.807) is 0 Å². The Morgan fingerprint density at radius 3 is 2.17 bits per heavy atom. The molecule has 1 saturated heterocycles. The predicted octanol–water partition coefficient (Wildman–Crippen LogP) is 3.20. The van der Waals surface area contributed by atoms with Crippen molar-refractivity contribution in [2.45, 2.75) is 44.6 Å². The molecular formula is C19H26O3Si. The number of carbonyl (C=O) groups is 1. The summed E-state index contributed by atoms with van der Waals surface area (Å²) in [5, 5.41) is 2.47. The second-order valence-corrected chi connectivity index (χ2v) is 11.8. The molecule has 1 aliphatic carbocycles. The van der Waals surface area contributed by atoms with Crippen molar-refractivity contribution < 1.29 is 14.3 Å². The zero-order valence-electron chi connectivity index (χ0n) is 14.1. The number of hydrogen-bond donors (Lipinski definition) is 0. The molecule has 23 heavy (non-hydrogen) atoms. The molecular weight excluding hydrogens is 304 g/mol. The molecule has 3 nitrogen and oxygen atoms in total. The normalized spacial score (nSPS) is 22.9.